The van der Waals surface area contributed by atoms with Crippen molar-refractivity contribution in [1.29, 1.82) is 0 Å². The minimum atomic E-state index is 0.205. The van der Waals surface area contributed by atoms with E-state index in [2.05, 4.69) is 45.0 Å². The van der Waals surface area contributed by atoms with Crippen molar-refractivity contribution >= 4 is 0 Å². The fourth-order valence-electron chi connectivity index (χ4n) is 2.11. The maximum atomic E-state index is 6.25. The van der Waals surface area contributed by atoms with Crippen LogP contribution in [0.25, 0.3) is 0 Å². The first-order valence-corrected chi connectivity index (χ1v) is 6.00. The molecular formula is C14H23N. The van der Waals surface area contributed by atoms with Gasteiger partial charge in [-0.25, -0.2) is 0 Å². The van der Waals surface area contributed by atoms with Gasteiger partial charge < -0.3 is 5.73 Å². The third-order valence-corrected chi connectivity index (χ3v) is 3.33. The van der Waals surface area contributed by atoms with E-state index < -0.39 is 0 Å². The largest absolute Gasteiger partial charge is 0.324 e. The number of benzene rings is 1. The van der Waals surface area contributed by atoms with E-state index in [0.29, 0.717) is 0 Å². The molecule has 0 saturated carbocycles. The van der Waals surface area contributed by atoms with Crippen LogP contribution in [0.15, 0.2) is 24.3 Å². The third kappa shape index (κ3) is 3.35. The molecule has 0 aliphatic carbocycles. The van der Waals surface area contributed by atoms with Crippen molar-refractivity contribution in [3.05, 3.63) is 35.4 Å². The molecule has 0 unspecified atom stereocenters. The Morgan fingerprint density at radius 2 is 1.73 bits per heavy atom. The van der Waals surface area contributed by atoms with Crippen molar-refractivity contribution in [3.63, 3.8) is 0 Å². The molecule has 1 rings (SSSR count). The second kappa shape index (κ2) is 5.92. The zero-order valence-electron chi connectivity index (χ0n) is 10.2. The topological polar surface area (TPSA) is 26.0 Å². The van der Waals surface area contributed by atoms with Gasteiger partial charge >= 0.3 is 0 Å². The number of aryl methyl sites for hydroxylation is 1. The first-order valence-electron chi connectivity index (χ1n) is 6.00. The van der Waals surface area contributed by atoms with Gasteiger partial charge in [-0.1, -0.05) is 51.0 Å². The molecule has 0 saturated heterocycles. The normalized spacial score (nSPS) is 13.1. The fraction of sp³-hybridized carbons (Fsp3) is 0.571. The zero-order chi connectivity index (χ0) is 11.3. The lowest BCUT2D eigenvalue weighted by atomic mass is 9.90. The summed E-state index contributed by atoms with van der Waals surface area (Å²) in [5.41, 5.74) is 8.87. The highest BCUT2D eigenvalue weighted by Gasteiger charge is 2.13. The summed E-state index contributed by atoms with van der Waals surface area (Å²) >= 11 is 0. The van der Waals surface area contributed by atoms with Gasteiger partial charge in [-0.3, -0.25) is 0 Å². The molecule has 0 aromatic heterocycles. The van der Waals surface area contributed by atoms with Crippen LogP contribution in [-0.4, -0.2) is 0 Å². The van der Waals surface area contributed by atoms with Crippen LogP contribution in [0.4, 0.5) is 0 Å². The molecule has 2 N–H and O–H groups in total. The van der Waals surface area contributed by atoms with Crippen LogP contribution in [0.2, 0.25) is 0 Å². The van der Waals surface area contributed by atoms with Gasteiger partial charge in [0.05, 0.1) is 0 Å². The monoisotopic (exact) mass is 205 g/mol. The molecule has 0 radical (unpaired) electrons. The second-order valence-electron chi connectivity index (χ2n) is 4.38. The molecule has 0 heterocycles. The zero-order valence-corrected chi connectivity index (χ0v) is 10.2. The van der Waals surface area contributed by atoms with E-state index in [4.69, 9.17) is 5.73 Å². The van der Waals surface area contributed by atoms with E-state index in [1.54, 1.807) is 0 Å². The minimum Gasteiger partial charge on any atom is -0.324 e. The second-order valence-corrected chi connectivity index (χ2v) is 4.38. The van der Waals surface area contributed by atoms with Crippen LogP contribution < -0.4 is 5.73 Å². The highest BCUT2D eigenvalue weighted by atomic mass is 14.6. The predicted octanol–water partition coefficient (Wildman–Crippen LogP) is 3.82. The molecule has 0 aliphatic heterocycles. The van der Waals surface area contributed by atoms with E-state index in [1.807, 2.05) is 0 Å². The van der Waals surface area contributed by atoms with Gasteiger partial charge in [-0.05, 0) is 30.4 Å². The van der Waals surface area contributed by atoms with Gasteiger partial charge in [0.2, 0.25) is 0 Å². The standard InChI is InChI=1S/C14H23N/c1-4-12(5-2)10-14(15)13-9-7-6-8-11(13)3/h6-9,12,14H,4-5,10,15H2,1-3H3/t14-/m0/s1. The van der Waals surface area contributed by atoms with Crippen LogP contribution >= 0.6 is 0 Å². The maximum Gasteiger partial charge on any atom is 0.0300 e. The van der Waals surface area contributed by atoms with Gasteiger partial charge in [0.1, 0.15) is 0 Å². The van der Waals surface area contributed by atoms with E-state index in [1.165, 1.54) is 24.0 Å². The highest BCUT2D eigenvalue weighted by Crippen LogP contribution is 2.25. The Bertz CT molecular complexity index is 289. The van der Waals surface area contributed by atoms with E-state index in [0.717, 1.165) is 12.3 Å². The third-order valence-electron chi connectivity index (χ3n) is 3.33. The summed E-state index contributed by atoms with van der Waals surface area (Å²) in [7, 11) is 0. The van der Waals surface area contributed by atoms with Crippen molar-refractivity contribution in [2.45, 2.75) is 46.1 Å². The Balaban J connectivity index is 2.68. The molecule has 1 heteroatoms. The maximum absolute atomic E-state index is 6.25. The molecular weight excluding hydrogens is 182 g/mol. The molecule has 0 amide bonds. The van der Waals surface area contributed by atoms with Gasteiger partial charge in [-0.2, -0.15) is 0 Å². The summed E-state index contributed by atoms with van der Waals surface area (Å²) in [4.78, 5) is 0. The Hall–Kier alpha value is -0.820. The van der Waals surface area contributed by atoms with Gasteiger partial charge in [0.25, 0.3) is 0 Å². The van der Waals surface area contributed by atoms with E-state index in [9.17, 15) is 0 Å². The molecule has 0 aliphatic rings. The van der Waals surface area contributed by atoms with Crippen LogP contribution in [0.3, 0.4) is 0 Å². The summed E-state index contributed by atoms with van der Waals surface area (Å²) in [5, 5.41) is 0. The fourth-order valence-corrected chi connectivity index (χ4v) is 2.11. The molecule has 1 aromatic carbocycles. The van der Waals surface area contributed by atoms with Crippen LogP contribution in [0.1, 0.15) is 50.3 Å². The summed E-state index contributed by atoms with van der Waals surface area (Å²) in [5.74, 6) is 0.764. The Kier molecular flexibility index (Phi) is 4.83. The molecule has 1 nitrogen and oxygen atoms in total. The lowest BCUT2D eigenvalue weighted by molar-refractivity contribution is 0.414. The minimum absolute atomic E-state index is 0.205. The smallest absolute Gasteiger partial charge is 0.0300 e. The predicted molar refractivity (Wildman–Crippen MR) is 66.8 cm³/mol. The number of hydrogen-bond acceptors (Lipinski definition) is 1. The highest BCUT2D eigenvalue weighted by molar-refractivity contribution is 5.28. The first kappa shape index (κ1) is 12.3. The molecule has 15 heavy (non-hydrogen) atoms. The lowest BCUT2D eigenvalue weighted by Crippen LogP contribution is -2.15. The summed E-state index contributed by atoms with van der Waals surface area (Å²) < 4.78 is 0. The van der Waals surface area contributed by atoms with E-state index in [-0.39, 0.29) is 6.04 Å². The Labute approximate surface area is 93.7 Å². The Morgan fingerprint density at radius 3 is 2.27 bits per heavy atom. The van der Waals surface area contributed by atoms with Crippen LogP contribution in [-0.2, 0) is 0 Å². The van der Waals surface area contributed by atoms with Gasteiger partial charge in [0.15, 0.2) is 0 Å². The summed E-state index contributed by atoms with van der Waals surface area (Å²) in [6.07, 6.45) is 3.57. The van der Waals surface area contributed by atoms with Crippen molar-refractivity contribution in [2.24, 2.45) is 11.7 Å². The van der Waals surface area contributed by atoms with E-state index >= 15 is 0 Å². The summed E-state index contributed by atoms with van der Waals surface area (Å²) in [6.45, 7) is 6.64. The molecule has 0 bridgehead atoms. The van der Waals surface area contributed by atoms with Gasteiger partial charge in [-0.15, -0.1) is 0 Å². The van der Waals surface area contributed by atoms with Crippen LogP contribution in [0.5, 0.6) is 0 Å². The molecule has 0 fully saturated rings. The van der Waals surface area contributed by atoms with Gasteiger partial charge in [0, 0.05) is 6.04 Å². The van der Waals surface area contributed by atoms with Crippen molar-refractivity contribution < 1.29 is 0 Å². The quantitative estimate of drug-likeness (QED) is 0.777. The number of hydrogen-bond donors (Lipinski definition) is 1. The van der Waals surface area contributed by atoms with Crippen molar-refractivity contribution in [2.75, 3.05) is 0 Å². The lowest BCUT2D eigenvalue weighted by Gasteiger charge is -2.20. The average Bonchev–Trinajstić information content (AvgIpc) is 2.26. The molecule has 1 atom stereocenters. The van der Waals surface area contributed by atoms with Crippen LogP contribution in [0, 0.1) is 12.8 Å². The number of rotatable bonds is 5. The molecule has 84 valence electrons. The van der Waals surface area contributed by atoms with Crippen molar-refractivity contribution in [1.82, 2.24) is 0 Å². The summed E-state index contributed by atoms with van der Waals surface area (Å²) in [6, 6.07) is 8.65. The molecule has 0 spiro atoms. The first-order chi connectivity index (χ1) is 7.19. The SMILES string of the molecule is CCC(CC)C[C@H](N)c1ccccc1C. The Morgan fingerprint density at radius 1 is 1.13 bits per heavy atom. The number of nitrogens with two attached hydrogens (primary N) is 1. The van der Waals surface area contributed by atoms with Crippen molar-refractivity contribution in [3.8, 4) is 0 Å². The molecule has 1 aromatic rings. The average molecular weight is 205 g/mol.